The van der Waals surface area contributed by atoms with E-state index in [1.165, 1.54) is 5.56 Å². The first-order valence-corrected chi connectivity index (χ1v) is 9.02. The first-order chi connectivity index (χ1) is 12.4. The predicted molar refractivity (Wildman–Crippen MR) is 105 cm³/mol. The molecule has 0 aliphatic rings. The fraction of sp³-hybridized carbons (Fsp3) is 0.286. The van der Waals surface area contributed by atoms with E-state index in [0.29, 0.717) is 16.7 Å². The van der Waals surface area contributed by atoms with E-state index in [2.05, 4.69) is 31.0 Å². The Morgan fingerprint density at radius 3 is 2.69 bits per heavy atom. The van der Waals surface area contributed by atoms with Crippen molar-refractivity contribution in [2.75, 3.05) is 7.11 Å². The van der Waals surface area contributed by atoms with Gasteiger partial charge in [0.25, 0.3) is 0 Å². The van der Waals surface area contributed by atoms with Gasteiger partial charge in [-0.2, -0.15) is 0 Å². The number of hydrogen-bond donors (Lipinski definition) is 2. The molecule has 3 rings (SSSR count). The van der Waals surface area contributed by atoms with Crippen molar-refractivity contribution in [2.24, 2.45) is 0 Å². The minimum atomic E-state index is -0.873. The Balaban J connectivity index is 2.28. The molecule has 1 heterocycles. The summed E-state index contributed by atoms with van der Waals surface area (Å²) in [6.07, 6.45) is 0.953. The van der Waals surface area contributed by atoms with E-state index in [0.717, 1.165) is 34.1 Å². The number of hydrogen-bond acceptors (Lipinski definition) is 2. The highest BCUT2D eigenvalue weighted by Crippen LogP contribution is 2.38. The molecule has 0 aliphatic heterocycles. The van der Waals surface area contributed by atoms with Gasteiger partial charge in [-0.05, 0) is 53.8 Å². The fourth-order valence-electron chi connectivity index (χ4n) is 3.25. The van der Waals surface area contributed by atoms with Gasteiger partial charge in [-0.25, -0.2) is 0 Å². The quantitative estimate of drug-likeness (QED) is 0.589. The van der Waals surface area contributed by atoms with Crippen LogP contribution in [0.1, 0.15) is 37.3 Å². The molecule has 2 N–H and O–H groups in total. The fourth-order valence-corrected chi connectivity index (χ4v) is 3.42. The number of halogens is 1. The summed E-state index contributed by atoms with van der Waals surface area (Å²) in [5, 5.41) is 11.0. The normalized spacial score (nSPS) is 12.3. The SMILES string of the molecule is CCC(C)c1ccc2[nH]c(-c3cc(Cl)ccc3OC)c(CC(=O)O)c2c1. The van der Waals surface area contributed by atoms with Crippen LogP contribution in [-0.2, 0) is 11.2 Å². The molecule has 0 spiro atoms. The van der Waals surface area contributed by atoms with Crippen molar-refractivity contribution < 1.29 is 14.6 Å². The van der Waals surface area contributed by atoms with E-state index < -0.39 is 5.97 Å². The molecule has 0 fully saturated rings. The van der Waals surface area contributed by atoms with Crippen LogP contribution in [0, 0.1) is 0 Å². The molecule has 1 atom stereocenters. The molecule has 2 aromatic carbocycles. The second kappa shape index (κ2) is 7.42. The Bertz CT molecular complexity index is 961. The summed E-state index contributed by atoms with van der Waals surface area (Å²) >= 11 is 6.18. The third-order valence-corrected chi connectivity index (χ3v) is 5.11. The summed E-state index contributed by atoms with van der Waals surface area (Å²) in [7, 11) is 1.59. The number of methoxy groups -OCH3 is 1. The minimum absolute atomic E-state index is 0.0744. The van der Waals surface area contributed by atoms with E-state index in [9.17, 15) is 9.90 Å². The molecule has 0 saturated heterocycles. The maximum Gasteiger partial charge on any atom is 0.307 e. The molecule has 26 heavy (non-hydrogen) atoms. The minimum Gasteiger partial charge on any atom is -0.496 e. The summed E-state index contributed by atoms with van der Waals surface area (Å²) in [5.74, 6) is 0.188. The molecule has 136 valence electrons. The topological polar surface area (TPSA) is 62.3 Å². The number of rotatable bonds is 6. The van der Waals surface area contributed by atoms with E-state index in [1.807, 2.05) is 6.07 Å². The zero-order valence-electron chi connectivity index (χ0n) is 15.1. The lowest BCUT2D eigenvalue weighted by molar-refractivity contribution is -0.136. The van der Waals surface area contributed by atoms with Crippen LogP contribution in [-0.4, -0.2) is 23.2 Å². The molecular formula is C21H22ClNO3. The van der Waals surface area contributed by atoms with Gasteiger partial charge in [-0.3, -0.25) is 4.79 Å². The second-order valence-electron chi connectivity index (χ2n) is 6.51. The number of aromatic nitrogens is 1. The van der Waals surface area contributed by atoms with Gasteiger partial charge in [0.05, 0.1) is 19.2 Å². The molecular weight excluding hydrogens is 350 g/mol. The van der Waals surface area contributed by atoms with Crippen molar-refractivity contribution in [2.45, 2.75) is 32.6 Å². The van der Waals surface area contributed by atoms with Crippen LogP contribution < -0.4 is 4.74 Å². The smallest absolute Gasteiger partial charge is 0.307 e. The van der Waals surface area contributed by atoms with Gasteiger partial charge in [0.15, 0.2) is 0 Å². The molecule has 3 aromatic rings. The second-order valence-corrected chi connectivity index (χ2v) is 6.94. The van der Waals surface area contributed by atoms with Gasteiger partial charge in [-0.1, -0.05) is 31.5 Å². The van der Waals surface area contributed by atoms with Crippen molar-refractivity contribution in [3.05, 3.63) is 52.5 Å². The number of fused-ring (bicyclic) bond motifs is 1. The zero-order valence-corrected chi connectivity index (χ0v) is 15.9. The first kappa shape index (κ1) is 18.3. The molecule has 0 radical (unpaired) electrons. The number of ether oxygens (including phenoxy) is 1. The summed E-state index contributed by atoms with van der Waals surface area (Å²) in [6, 6.07) is 11.5. The van der Waals surface area contributed by atoms with E-state index >= 15 is 0 Å². The van der Waals surface area contributed by atoms with Crippen LogP contribution in [0.3, 0.4) is 0 Å². The highest BCUT2D eigenvalue weighted by molar-refractivity contribution is 6.31. The number of aliphatic carboxylic acids is 1. The Hall–Kier alpha value is -2.46. The van der Waals surface area contributed by atoms with Gasteiger partial charge in [0.1, 0.15) is 5.75 Å². The summed E-state index contributed by atoms with van der Waals surface area (Å²) in [4.78, 5) is 14.9. The zero-order chi connectivity index (χ0) is 18.8. The molecule has 0 saturated carbocycles. The van der Waals surface area contributed by atoms with Gasteiger partial charge >= 0.3 is 5.97 Å². The molecule has 1 aromatic heterocycles. The molecule has 0 amide bonds. The lowest BCUT2D eigenvalue weighted by Gasteiger charge is -2.10. The largest absolute Gasteiger partial charge is 0.496 e. The van der Waals surface area contributed by atoms with Gasteiger partial charge in [0, 0.05) is 21.5 Å². The van der Waals surface area contributed by atoms with E-state index in [-0.39, 0.29) is 6.42 Å². The van der Waals surface area contributed by atoms with Crippen LogP contribution >= 0.6 is 11.6 Å². The van der Waals surface area contributed by atoms with Crippen molar-refractivity contribution in [3.63, 3.8) is 0 Å². The van der Waals surface area contributed by atoms with Crippen LogP contribution in [0.2, 0.25) is 5.02 Å². The number of nitrogens with one attached hydrogen (secondary N) is 1. The van der Waals surface area contributed by atoms with Gasteiger partial charge in [-0.15, -0.1) is 0 Å². The van der Waals surface area contributed by atoms with Crippen molar-refractivity contribution in [1.82, 2.24) is 4.98 Å². The Kier molecular flexibility index (Phi) is 5.23. The maximum atomic E-state index is 11.5. The number of benzene rings is 2. The Morgan fingerprint density at radius 2 is 2.04 bits per heavy atom. The molecule has 1 unspecified atom stereocenters. The van der Waals surface area contributed by atoms with E-state index in [4.69, 9.17) is 16.3 Å². The third-order valence-electron chi connectivity index (χ3n) is 4.87. The van der Waals surface area contributed by atoms with Gasteiger partial charge in [0.2, 0.25) is 0 Å². The van der Waals surface area contributed by atoms with Crippen LogP contribution in [0.4, 0.5) is 0 Å². The number of H-pyrrole nitrogens is 1. The lowest BCUT2D eigenvalue weighted by Crippen LogP contribution is -2.01. The highest BCUT2D eigenvalue weighted by atomic mass is 35.5. The monoisotopic (exact) mass is 371 g/mol. The highest BCUT2D eigenvalue weighted by Gasteiger charge is 2.19. The average Bonchev–Trinajstić information content (AvgIpc) is 2.98. The first-order valence-electron chi connectivity index (χ1n) is 8.64. The predicted octanol–water partition coefficient (Wildman–Crippen LogP) is 5.64. The van der Waals surface area contributed by atoms with Crippen molar-refractivity contribution in [3.8, 4) is 17.0 Å². The Labute approximate surface area is 157 Å². The lowest BCUT2D eigenvalue weighted by atomic mass is 9.95. The van der Waals surface area contributed by atoms with Crippen LogP contribution in [0.5, 0.6) is 5.75 Å². The number of carboxylic acid groups (broad SMARTS) is 1. The average molecular weight is 372 g/mol. The van der Waals surface area contributed by atoms with Crippen molar-refractivity contribution >= 4 is 28.5 Å². The van der Waals surface area contributed by atoms with Crippen LogP contribution in [0.15, 0.2) is 36.4 Å². The standard InChI is InChI=1S/C21H22ClNO3/c1-4-12(2)13-5-7-18-15(9-13)16(11-20(24)25)21(23-18)17-10-14(22)6-8-19(17)26-3/h5-10,12,23H,4,11H2,1-3H3,(H,24,25). The summed E-state index contributed by atoms with van der Waals surface area (Å²) < 4.78 is 5.46. The third kappa shape index (κ3) is 3.42. The molecule has 5 heteroatoms. The molecule has 4 nitrogen and oxygen atoms in total. The maximum absolute atomic E-state index is 11.5. The molecule has 0 bridgehead atoms. The summed E-state index contributed by atoms with van der Waals surface area (Å²) in [5.41, 5.74) is 4.36. The van der Waals surface area contributed by atoms with E-state index in [1.54, 1.807) is 25.3 Å². The number of carboxylic acids is 1. The number of carbonyl (C=O) groups is 1. The summed E-state index contributed by atoms with van der Waals surface area (Å²) in [6.45, 7) is 4.32. The van der Waals surface area contributed by atoms with Gasteiger partial charge < -0.3 is 14.8 Å². The van der Waals surface area contributed by atoms with Crippen LogP contribution in [0.25, 0.3) is 22.2 Å². The Morgan fingerprint density at radius 1 is 1.27 bits per heavy atom. The van der Waals surface area contributed by atoms with Crippen molar-refractivity contribution in [1.29, 1.82) is 0 Å². The molecule has 0 aliphatic carbocycles. The number of aromatic amines is 1.